The number of halogens is 3. The van der Waals surface area contributed by atoms with E-state index in [2.05, 4.69) is 33.2 Å². The Hall–Kier alpha value is -2.19. The van der Waals surface area contributed by atoms with Gasteiger partial charge in [-0.2, -0.15) is 0 Å². The number of aryl methyl sites for hydroxylation is 1. The minimum absolute atomic E-state index is 0.183. The molecule has 0 radical (unpaired) electrons. The zero-order valence-corrected chi connectivity index (χ0v) is 20.2. The van der Waals surface area contributed by atoms with Gasteiger partial charge in [0.15, 0.2) is 0 Å². The zero-order chi connectivity index (χ0) is 22.1. The number of nitrogens with zero attached hydrogens (tertiary/aromatic N) is 2. The minimum Gasteiger partial charge on any atom is -0.323 e. The van der Waals surface area contributed by atoms with Crippen LogP contribution >= 0.6 is 50.5 Å². The number of nitrogens with one attached hydrogen (secondary N) is 1. The highest BCUT2D eigenvalue weighted by molar-refractivity contribution is 9.10. The zero-order valence-electron chi connectivity index (χ0n) is 16.3. The number of hydrogen-bond acceptors (Lipinski definition) is 4. The molecule has 0 atom stereocenters. The Labute approximate surface area is 200 Å². The highest BCUT2D eigenvalue weighted by Gasteiger charge is 2.19. The molecule has 0 aliphatic heterocycles. The smallest absolute Gasteiger partial charge is 0.263 e. The number of hydrogen-bond donors (Lipinski definition) is 1. The largest absolute Gasteiger partial charge is 0.323 e. The molecule has 0 unspecified atom stereocenters. The molecule has 0 saturated carbocycles. The second-order valence-electron chi connectivity index (χ2n) is 6.79. The Balaban J connectivity index is 1.72. The number of thiophene rings is 1. The number of carbonyl (C=O) groups excluding carboxylic acids is 1. The SMILES string of the molecule is CCc1sc2ncn(CC(=O)Nc3ccc(Cl)cc3Cl)c(=O)c2c1-c1ccc(Br)cc1. The monoisotopic (exact) mass is 535 g/mol. The summed E-state index contributed by atoms with van der Waals surface area (Å²) in [5, 5.41) is 4.04. The van der Waals surface area contributed by atoms with Crippen LogP contribution < -0.4 is 10.9 Å². The van der Waals surface area contributed by atoms with E-state index in [1.54, 1.807) is 18.2 Å². The van der Waals surface area contributed by atoms with Gasteiger partial charge in [-0.15, -0.1) is 11.3 Å². The molecular formula is C22H16BrCl2N3O2S. The third kappa shape index (κ3) is 4.55. The van der Waals surface area contributed by atoms with E-state index in [-0.39, 0.29) is 18.0 Å². The topological polar surface area (TPSA) is 64.0 Å². The molecule has 9 heteroatoms. The maximum absolute atomic E-state index is 13.3. The van der Waals surface area contributed by atoms with Gasteiger partial charge in [0.1, 0.15) is 11.4 Å². The fourth-order valence-electron chi connectivity index (χ4n) is 3.29. The first kappa shape index (κ1) is 22.0. The number of anilines is 1. The summed E-state index contributed by atoms with van der Waals surface area (Å²) in [6.07, 6.45) is 2.19. The van der Waals surface area contributed by atoms with Crippen molar-refractivity contribution in [1.29, 1.82) is 0 Å². The molecule has 0 spiro atoms. The summed E-state index contributed by atoms with van der Waals surface area (Å²) in [7, 11) is 0. The van der Waals surface area contributed by atoms with Gasteiger partial charge >= 0.3 is 0 Å². The van der Waals surface area contributed by atoms with Crippen molar-refractivity contribution in [3.8, 4) is 11.1 Å². The summed E-state index contributed by atoms with van der Waals surface area (Å²) in [4.78, 5) is 32.1. The maximum Gasteiger partial charge on any atom is 0.263 e. The van der Waals surface area contributed by atoms with Crippen molar-refractivity contribution in [2.45, 2.75) is 19.9 Å². The first-order valence-corrected chi connectivity index (χ1v) is 11.8. The van der Waals surface area contributed by atoms with Gasteiger partial charge in [-0.25, -0.2) is 4.98 Å². The standard InChI is InChI=1S/C22H16BrCl2N3O2S/c1-2-17-19(12-3-5-13(23)6-4-12)20-21(31-17)26-11-28(22(20)30)10-18(29)27-16-8-7-14(24)9-15(16)25/h3-9,11H,2,10H2,1H3,(H,27,29). The highest BCUT2D eigenvalue weighted by Crippen LogP contribution is 2.36. The highest BCUT2D eigenvalue weighted by atomic mass is 79.9. The van der Waals surface area contributed by atoms with E-state index in [1.165, 1.54) is 22.2 Å². The molecule has 5 nitrogen and oxygen atoms in total. The van der Waals surface area contributed by atoms with Crippen LogP contribution in [0.2, 0.25) is 10.0 Å². The summed E-state index contributed by atoms with van der Waals surface area (Å²) in [6.45, 7) is 1.87. The van der Waals surface area contributed by atoms with Crippen molar-refractivity contribution in [2.24, 2.45) is 0 Å². The molecule has 2 heterocycles. The van der Waals surface area contributed by atoms with Crippen LogP contribution in [0.5, 0.6) is 0 Å². The number of fused-ring (bicyclic) bond motifs is 1. The van der Waals surface area contributed by atoms with Crippen molar-refractivity contribution in [3.05, 3.63) is 78.5 Å². The van der Waals surface area contributed by atoms with Crippen molar-refractivity contribution >= 4 is 72.3 Å². The first-order valence-electron chi connectivity index (χ1n) is 9.39. The Morgan fingerprint density at radius 1 is 1.19 bits per heavy atom. The molecule has 158 valence electrons. The third-order valence-corrected chi connectivity index (χ3v) is 7.04. The predicted octanol–water partition coefficient (Wildman–Crippen LogP) is 6.40. The Morgan fingerprint density at radius 2 is 1.94 bits per heavy atom. The molecule has 2 aromatic carbocycles. The quantitative estimate of drug-likeness (QED) is 0.321. The van der Waals surface area contributed by atoms with Crippen LogP contribution in [0.15, 0.2) is 58.1 Å². The van der Waals surface area contributed by atoms with Gasteiger partial charge in [-0.3, -0.25) is 14.2 Å². The molecule has 31 heavy (non-hydrogen) atoms. The van der Waals surface area contributed by atoms with Gasteiger partial charge in [-0.1, -0.05) is 58.2 Å². The average Bonchev–Trinajstić information content (AvgIpc) is 3.12. The van der Waals surface area contributed by atoms with Crippen LogP contribution in [-0.2, 0) is 17.8 Å². The Bertz CT molecular complexity index is 1350. The summed E-state index contributed by atoms with van der Waals surface area (Å²) < 4.78 is 2.28. The second kappa shape index (κ2) is 9.12. The lowest BCUT2D eigenvalue weighted by atomic mass is 10.0. The van der Waals surface area contributed by atoms with Gasteiger partial charge in [0, 0.05) is 19.9 Å². The van der Waals surface area contributed by atoms with Crippen LogP contribution in [0.3, 0.4) is 0 Å². The van der Waals surface area contributed by atoms with Crippen molar-refractivity contribution in [2.75, 3.05) is 5.32 Å². The number of rotatable bonds is 5. The van der Waals surface area contributed by atoms with E-state index < -0.39 is 0 Å². The summed E-state index contributed by atoms with van der Waals surface area (Å²) in [5.74, 6) is -0.386. The van der Waals surface area contributed by atoms with Crippen molar-refractivity contribution in [1.82, 2.24) is 9.55 Å². The molecule has 0 aliphatic carbocycles. The van der Waals surface area contributed by atoms with Crippen LogP contribution in [0, 0.1) is 0 Å². The van der Waals surface area contributed by atoms with Crippen LogP contribution in [0.25, 0.3) is 21.3 Å². The lowest BCUT2D eigenvalue weighted by Gasteiger charge is -2.09. The number of aromatic nitrogens is 2. The second-order valence-corrected chi connectivity index (χ2v) is 9.63. The average molecular weight is 537 g/mol. The van der Waals surface area contributed by atoms with Crippen LogP contribution in [0.1, 0.15) is 11.8 Å². The van der Waals surface area contributed by atoms with E-state index in [9.17, 15) is 9.59 Å². The number of benzene rings is 2. The fraction of sp³-hybridized carbons (Fsp3) is 0.136. The number of amides is 1. The van der Waals surface area contributed by atoms with Gasteiger partial charge in [0.05, 0.1) is 22.4 Å². The normalized spacial score (nSPS) is 11.1. The third-order valence-electron chi connectivity index (χ3n) is 4.72. The molecule has 2 aromatic heterocycles. The predicted molar refractivity (Wildman–Crippen MR) is 131 cm³/mol. The molecule has 1 N–H and O–H groups in total. The molecule has 0 saturated heterocycles. The summed E-state index contributed by atoms with van der Waals surface area (Å²) in [6, 6.07) is 12.6. The van der Waals surface area contributed by atoms with Gasteiger partial charge in [0.25, 0.3) is 5.56 Å². The lowest BCUT2D eigenvalue weighted by molar-refractivity contribution is -0.116. The van der Waals surface area contributed by atoms with E-state index in [0.717, 1.165) is 26.9 Å². The minimum atomic E-state index is -0.386. The molecule has 4 rings (SSSR count). The molecular weight excluding hydrogens is 521 g/mol. The molecule has 4 aromatic rings. The van der Waals surface area contributed by atoms with E-state index in [4.69, 9.17) is 23.2 Å². The lowest BCUT2D eigenvalue weighted by Crippen LogP contribution is -2.27. The molecule has 0 bridgehead atoms. The van der Waals surface area contributed by atoms with Crippen LogP contribution in [-0.4, -0.2) is 15.5 Å². The first-order chi connectivity index (χ1) is 14.9. The van der Waals surface area contributed by atoms with E-state index >= 15 is 0 Å². The molecule has 0 aliphatic rings. The van der Waals surface area contributed by atoms with Gasteiger partial charge in [0.2, 0.25) is 5.91 Å². The molecule has 0 fully saturated rings. The van der Waals surface area contributed by atoms with E-state index in [1.807, 2.05) is 24.3 Å². The number of carbonyl (C=O) groups is 1. The van der Waals surface area contributed by atoms with Crippen molar-refractivity contribution < 1.29 is 4.79 Å². The van der Waals surface area contributed by atoms with Gasteiger partial charge < -0.3 is 5.32 Å². The fourth-order valence-corrected chi connectivity index (χ4v) is 5.10. The Morgan fingerprint density at radius 3 is 2.61 bits per heavy atom. The van der Waals surface area contributed by atoms with E-state index in [0.29, 0.717) is 25.9 Å². The van der Waals surface area contributed by atoms with Crippen molar-refractivity contribution in [3.63, 3.8) is 0 Å². The Kier molecular flexibility index (Phi) is 6.48. The summed E-state index contributed by atoms with van der Waals surface area (Å²) in [5.41, 5.74) is 2.00. The summed E-state index contributed by atoms with van der Waals surface area (Å²) >= 11 is 17.0. The molecule has 1 amide bonds. The van der Waals surface area contributed by atoms with Crippen LogP contribution in [0.4, 0.5) is 5.69 Å². The maximum atomic E-state index is 13.3. The van der Waals surface area contributed by atoms with Gasteiger partial charge in [-0.05, 0) is 42.3 Å².